The Morgan fingerprint density at radius 3 is 2.12 bits per heavy atom. The van der Waals surface area contributed by atoms with Gasteiger partial charge in [0.1, 0.15) is 5.66 Å². The number of nitrogens with zero attached hydrogens (tertiary/aromatic N) is 3. The average molecular weight is 264 g/mol. The first-order valence-electron chi connectivity index (χ1n) is 5.87. The van der Waals surface area contributed by atoms with Crippen LogP contribution in [0.2, 0.25) is 0 Å². The van der Waals surface area contributed by atoms with Crippen LogP contribution in [0.5, 0.6) is 0 Å². The van der Waals surface area contributed by atoms with Gasteiger partial charge in [0.15, 0.2) is 0 Å². The van der Waals surface area contributed by atoms with Gasteiger partial charge in [-0.15, -0.1) is 0 Å². The second kappa shape index (κ2) is 6.00. The molecule has 1 fully saturated rings. The van der Waals surface area contributed by atoms with Crippen molar-refractivity contribution in [2.45, 2.75) is 31.3 Å². The van der Waals surface area contributed by atoms with E-state index in [2.05, 4.69) is 26.2 Å². The molecule has 1 rings (SSSR count). The Hall–Kier alpha value is -0.360. The van der Waals surface area contributed by atoms with Crippen molar-refractivity contribution in [3.63, 3.8) is 0 Å². The molecule has 5 nitrogen and oxygen atoms in total. The molecule has 0 amide bonds. The zero-order valence-electron chi connectivity index (χ0n) is 11.4. The number of hydrazone groups is 1. The fourth-order valence-electron chi connectivity index (χ4n) is 2.16. The van der Waals surface area contributed by atoms with E-state index in [4.69, 9.17) is 11.6 Å². The quantitative estimate of drug-likeness (QED) is 0.192. The molecule has 0 bridgehead atoms. The lowest BCUT2D eigenvalue weighted by atomic mass is 9.81. The van der Waals surface area contributed by atoms with E-state index in [-0.39, 0.29) is 18.1 Å². The van der Waals surface area contributed by atoms with Gasteiger partial charge in [0.05, 0.1) is 21.1 Å². The molecule has 6 heteroatoms. The lowest BCUT2D eigenvalue weighted by Gasteiger charge is -2.46. The minimum absolute atomic E-state index is 0. The summed E-state index contributed by atoms with van der Waals surface area (Å²) in [6.45, 7) is 0. The second-order valence-electron chi connectivity index (χ2n) is 5.79. The minimum Gasteiger partial charge on any atom is -1.00 e. The predicted molar refractivity (Wildman–Crippen MR) is 67.4 cm³/mol. The van der Waals surface area contributed by atoms with Gasteiger partial charge in [-0.2, -0.15) is 5.10 Å². The van der Waals surface area contributed by atoms with Crippen LogP contribution in [-0.2, 0) is 0 Å². The highest BCUT2D eigenvalue weighted by atomic mass is 35.5. The standard InChI is InChI=1S/C11H26N5.ClH/c1-15(13)14-9-10-5-7-11(12,8-6-10)16(2,3)4;/h9-10H,5-8,12-13H2,1-4H3;1H/q+1;/p-1/t10-,11-;. The first-order valence-corrected chi connectivity index (χ1v) is 5.87. The highest BCUT2D eigenvalue weighted by Crippen LogP contribution is 2.33. The molecular formula is C11H26ClN5. The Kier molecular flexibility index (Phi) is 5.87. The molecule has 1 aliphatic rings. The monoisotopic (exact) mass is 263 g/mol. The first-order chi connectivity index (χ1) is 7.24. The van der Waals surface area contributed by atoms with E-state index in [9.17, 15) is 0 Å². The number of halogens is 1. The van der Waals surface area contributed by atoms with Gasteiger partial charge in [-0.3, -0.25) is 5.73 Å². The summed E-state index contributed by atoms with van der Waals surface area (Å²) in [6, 6.07) is 0. The molecular weight excluding hydrogens is 238 g/mol. The lowest BCUT2D eigenvalue weighted by molar-refractivity contribution is -0.925. The van der Waals surface area contributed by atoms with Crippen LogP contribution in [0.4, 0.5) is 0 Å². The summed E-state index contributed by atoms with van der Waals surface area (Å²) in [5.74, 6) is 5.96. The molecule has 0 atom stereocenters. The summed E-state index contributed by atoms with van der Waals surface area (Å²) < 4.78 is 0.827. The maximum atomic E-state index is 6.45. The smallest absolute Gasteiger partial charge is 0.149 e. The minimum atomic E-state index is -0.0844. The van der Waals surface area contributed by atoms with Gasteiger partial charge in [0, 0.05) is 26.1 Å². The van der Waals surface area contributed by atoms with Crippen molar-refractivity contribution >= 4 is 6.21 Å². The molecule has 0 unspecified atom stereocenters. The maximum Gasteiger partial charge on any atom is 0.149 e. The summed E-state index contributed by atoms with van der Waals surface area (Å²) >= 11 is 0. The van der Waals surface area contributed by atoms with Crippen LogP contribution in [0, 0.1) is 5.92 Å². The fraction of sp³-hybridized carbons (Fsp3) is 0.909. The van der Waals surface area contributed by atoms with Crippen molar-refractivity contribution in [3.8, 4) is 0 Å². The van der Waals surface area contributed by atoms with Crippen molar-refractivity contribution in [1.29, 1.82) is 0 Å². The van der Waals surface area contributed by atoms with Crippen LogP contribution in [0.1, 0.15) is 25.7 Å². The molecule has 0 heterocycles. The van der Waals surface area contributed by atoms with Crippen LogP contribution < -0.4 is 24.0 Å². The van der Waals surface area contributed by atoms with E-state index in [1.807, 2.05) is 6.21 Å². The van der Waals surface area contributed by atoms with Gasteiger partial charge in [0.2, 0.25) is 0 Å². The molecule has 0 aromatic carbocycles. The normalized spacial score (nSPS) is 30.1. The van der Waals surface area contributed by atoms with E-state index in [1.165, 1.54) is 5.12 Å². The van der Waals surface area contributed by atoms with Crippen LogP contribution in [-0.4, -0.2) is 49.7 Å². The molecule has 0 radical (unpaired) electrons. The summed E-state index contributed by atoms with van der Waals surface area (Å²) in [4.78, 5) is 0. The lowest BCUT2D eigenvalue weighted by Crippen LogP contribution is -3.00. The highest BCUT2D eigenvalue weighted by molar-refractivity contribution is 5.60. The SMILES string of the molecule is CN(N)N=C[C@H]1CC[C@](N)([N+](C)(C)C)CC1.[Cl-]. The Morgan fingerprint density at radius 2 is 1.76 bits per heavy atom. The summed E-state index contributed by atoms with van der Waals surface area (Å²) in [5, 5.41) is 5.45. The Bertz CT molecular complexity index is 251. The number of hydrazine groups is 1. The topological polar surface area (TPSA) is 67.6 Å². The van der Waals surface area contributed by atoms with Gasteiger partial charge in [-0.25, -0.2) is 11.0 Å². The Morgan fingerprint density at radius 1 is 1.29 bits per heavy atom. The zero-order chi connectivity index (χ0) is 12.4. The van der Waals surface area contributed by atoms with E-state index in [0.29, 0.717) is 5.92 Å². The van der Waals surface area contributed by atoms with Crippen molar-refractivity contribution in [2.75, 3.05) is 28.2 Å². The number of rotatable bonds is 3. The summed E-state index contributed by atoms with van der Waals surface area (Å²) in [5.41, 5.74) is 6.36. The fourth-order valence-corrected chi connectivity index (χ4v) is 2.16. The van der Waals surface area contributed by atoms with Crippen molar-refractivity contribution < 1.29 is 16.9 Å². The molecule has 0 aliphatic heterocycles. The summed E-state index contributed by atoms with van der Waals surface area (Å²) in [7, 11) is 8.24. The van der Waals surface area contributed by atoms with Crippen molar-refractivity contribution in [3.05, 3.63) is 0 Å². The predicted octanol–water partition coefficient (Wildman–Crippen LogP) is -2.67. The zero-order valence-corrected chi connectivity index (χ0v) is 12.1. The van der Waals surface area contributed by atoms with E-state index < -0.39 is 0 Å². The van der Waals surface area contributed by atoms with Gasteiger partial charge < -0.3 is 16.9 Å². The summed E-state index contributed by atoms with van der Waals surface area (Å²) in [6.07, 6.45) is 6.24. The van der Waals surface area contributed by atoms with Crippen LogP contribution in [0.25, 0.3) is 0 Å². The third-order valence-electron chi connectivity index (χ3n) is 3.69. The molecule has 0 aromatic heterocycles. The van der Waals surface area contributed by atoms with E-state index in [1.54, 1.807) is 7.05 Å². The van der Waals surface area contributed by atoms with E-state index >= 15 is 0 Å². The second-order valence-corrected chi connectivity index (χ2v) is 5.79. The number of hydrogen-bond acceptors (Lipinski definition) is 4. The van der Waals surface area contributed by atoms with Gasteiger partial charge in [-0.1, -0.05) is 0 Å². The van der Waals surface area contributed by atoms with Crippen LogP contribution in [0.15, 0.2) is 5.10 Å². The van der Waals surface area contributed by atoms with Gasteiger partial charge >= 0.3 is 0 Å². The third kappa shape index (κ3) is 4.43. The molecule has 17 heavy (non-hydrogen) atoms. The van der Waals surface area contributed by atoms with Crippen LogP contribution in [0.3, 0.4) is 0 Å². The first kappa shape index (κ1) is 16.6. The van der Waals surface area contributed by atoms with Gasteiger partial charge in [0.25, 0.3) is 0 Å². The third-order valence-corrected chi connectivity index (χ3v) is 3.69. The molecule has 102 valence electrons. The highest BCUT2D eigenvalue weighted by Gasteiger charge is 2.41. The van der Waals surface area contributed by atoms with Crippen LogP contribution >= 0.6 is 0 Å². The number of quaternary nitrogens is 1. The molecule has 0 aromatic rings. The molecule has 1 aliphatic carbocycles. The van der Waals surface area contributed by atoms with Crippen molar-refractivity contribution in [2.24, 2.45) is 22.6 Å². The molecule has 1 saturated carbocycles. The molecule has 4 N–H and O–H groups in total. The van der Waals surface area contributed by atoms with E-state index in [0.717, 1.165) is 30.2 Å². The number of hydrogen-bond donors (Lipinski definition) is 2. The number of nitrogens with two attached hydrogens (primary N) is 2. The average Bonchev–Trinajstić information content (AvgIpc) is 2.15. The largest absolute Gasteiger partial charge is 1.00 e. The Balaban J connectivity index is 0.00000256. The van der Waals surface area contributed by atoms with Gasteiger partial charge in [-0.05, 0) is 18.8 Å². The Labute approximate surface area is 111 Å². The van der Waals surface area contributed by atoms with Crippen molar-refractivity contribution in [1.82, 2.24) is 5.12 Å². The maximum absolute atomic E-state index is 6.45. The molecule has 0 spiro atoms. The molecule has 0 saturated heterocycles.